The molecule has 1 N–H and O–H groups in total. The highest BCUT2D eigenvalue weighted by molar-refractivity contribution is 6.03. The fourth-order valence-electron chi connectivity index (χ4n) is 3.94. The van der Waals surface area contributed by atoms with Crippen molar-refractivity contribution in [3.05, 3.63) is 89.8 Å². The lowest BCUT2D eigenvalue weighted by molar-refractivity contribution is 0.0932. The normalized spacial score (nSPS) is 12.1. The number of carbonyl (C=O) groups is 1. The van der Waals surface area contributed by atoms with Crippen LogP contribution in [0.2, 0.25) is 0 Å². The molecule has 0 bridgehead atoms. The third kappa shape index (κ3) is 3.94. The minimum absolute atomic E-state index is 0.295. The van der Waals surface area contributed by atoms with Gasteiger partial charge in [-0.2, -0.15) is 4.98 Å². The zero-order valence-corrected chi connectivity index (χ0v) is 18.9. The van der Waals surface area contributed by atoms with E-state index in [1.54, 1.807) is 32.0 Å². The number of nitrogens with one attached hydrogen (secondary N) is 1. The summed E-state index contributed by atoms with van der Waals surface area (Å²) < 4.78 is 20.8. The van der Waals surface area contributed by atoms with E-state index in [9.17, 15) is 9.18 Å². The molecule has 0 saturated carbocycles. The zero-order valence-electron chi connectivity index (χ0n) is 18.9. The molecule has 5 rings (SSSR count). The molecule has 0 aliphatic heterocycles. The highest BCUT2D eigenvalue weighted by Gasteiger charge is 2.21. The fourth-order valence-corrected chi connectivity index (χ4v) is 3.94. The van der Waals surface area contributed by atoms with Crippen molar-refractivity contribution in [1.82, 2.24) is 25.0 Å². The first kappa shape index (κ1) is 21.5. The van der Waals surface area contributed by atoms with Gasteiger partial charge in [-0.05, 0) is 43.7 Å². The highest BCUT2D eigenvalue weighted by atomic mass is 19.1. The Balaban J connectivity index is 1.63. The van der Waals surface area contributed by atoms with Gasteiger partial charge in [-0.15, -0.1) is 0 Å². The van der Waals surface area contributed by atoms with Crippen LogP contribution in [0.1, 0.15) is 35.0 Å². The molecular weight excluding hydrogens is 433 g/mol. The van der Waals surface area contributed by atoms with Crippen molar-refractivity contribution in [3.63, 3.8) is 0 Å². The van der Waals surface area contributed by atoms with E-state index in [1.807, 2.05) is 48.0 Å². The Labute approximate surface area is 195 Å². The van der Waals surface area contributed by atoms with Gasteiger partial charge >= 0.3 is 0 Å². The van der Waals surface area contributed by atoms with Crippen molar-refractivity contribution in [2.45, 2.75) is 19.9 Å². The lowest BCUT2D eigenvalue weighted by atomic mass is 10.0. The van der Waals surface area contributed by atoms with Crippen LogP contribution in [0.5, 0.6) is 0 Å². The molecule has 1 atom stereocenters. The molecule has 0 saturated heterocycles. The van der Waals surface area contributed by atoms with Crippen LogP contribution < -0.4 is 5.32 Å². The van der Waals surface area contributed by atoms with Crippen LogP contribution in [0.3, 0.4) is 0 Å². The van der Waals surface area contributed by atoms with Gasteiger partial charge in [0, 0.05) is 23.7 Å². The Morgan fingerprint density at radius 1 is 1.03 bits per heavy atom. The van der Waals surface area contributed by atoms with E-state index in [0.717, 1.165) is 33.5 Å². The molecule has 2 aromatic heterocycles. The lowest BCUT2D eigenvalue weighted by Crippen LogP contribution is -2.27. The molecule has 0 aliphatic rings. The van der Waals surface area contributed by atoms with Gasteiger partial charge in [-0.25, -0.2) is 9.37 Å². The largest absolute Gasteiger partial charge is 0.341 e. The first-order chi connectivity index (χ1) is 16.4. The zero-order chi connectivity index (χ0) is 23.8. The van der Waals surface area contributed by atoms with Crippen molar-refractivity contribution in [2.75, 3.05) is 0 Å². The first-order valence-corrected chi connectivity index (χ1v) is 10.8. The Bertz CT molecular complexity index is 1490. The Morgan fingerprint density at radius 3 is 2.44 bits per heavy atom. The number of benzene rings is 3. The second-order valence-corrected chi connectivity index (χ2v) is 8.13. The molecule has 7 nitrogen and oxygen atoms in total. The smallest absolute Gasteiger partial charge is 0.252 e. The maximum atomic E-state index is 13.6. The molecule has 2 heterocycles. The van der Waals surface area contributed by atoms with E-state index in [1.165, 1.54) is 12.1 Å². The molecule has 0 spiro atoms. The third-order valence-electron chi connectivity index (χ3n) is 5.70. The number of rotatable bonds is 5. The average Bonchev–Trinajstić information content (AvgIpc) is 3.43. The average molecular weight is 455 g/mol. The van der Waals surface area contributed by atoms with Crippen LogP contribution in [0.25, 0.3) is 33.5 Å². The molecule has 34 heavy (non-hydrogen) atoms. The van der Waals surface area contributed by atoms with Crippen LogP contribution in [0.15, 0.2) is 71.3 Å². The number of carbonyl (C=O) groups excluding carboxylic acids is 1. The van der Waals surface area contributed by atoms with Crippen LogP contribution in [-0.4, -0.2) is 25.6 Å². The molecule has 0 radical (unpaired) electrons. The van der Waals surface area contributed by atoms with Crippen molar-refractivity contribution >= 4 is 16.9 Å². The molecule has 1 amide bonds. The fraction of sp³-hybridized carbons (Fsp3) is 0.154. The second kappa shape index (κ2) is 8.55. The van der Waals surface area contributed by atoms with Crippen LogP contribution in [0.4, 0.5) is 4.39 Å². The number of fused-ring (bicyclic) bond motifs is 1. The second-order valence-electron chi connectivity index (χ2n) is 8.13. The van der Waals surface area contributed by atoms with Crippen LogP contribution >= 0.6 is 0 Å². The molecule has 8 heteroatoms. The maximum absolute atomic E-state index is 13.6. The standard InChI is InChI=1S/C26H22FN5O2/c1-15(26-29-16(2)31-34-26)28-25(33)19-13-21(17-9-11-20(27)12-10-17)23-22(14-19)32(3)24(30-23)18-7-5-4-6-8-18/h4-15H,1-3H3,(H,28,33)/t15-/m1/s1. The molecule has 0 fully saturated rings. The number of hydrogen-bond acceptors (Lipinski definition) is 5. The van der Waals surface area contributed by atoms with Crippen molar-refractivity contribution in [2.24, 2.45) is 7.05 Å². The summed E-state index contributed by atoms with van der Waals surface area (Å²) in [5, 5.41) is 6.69. The van der Waals surface area contributed by atoms with E-state index in [-0.39, 0.29) is 11.7 Å². The van der Waals surface area contributed by atoms with Crippen molar-refractivity contribution < 1.29 is 13.7 Å². The first-order valence-electron chi connectivity index (χ1n) is 10.8. The molecule has 5 aromatic rings. The van der Waals surface area contributed by atoms with Crippen LogP contribution in [-0.2, 0) is 7.05 Å². The maximum Gasteiger partial charge on any atom is 0.252 e. The summed E-state index contributed by atoms with van der Waals surface area (Å²) in [7, 11) is 1.91. The van der Waals surface area contributed by atoms with Gasteiger partial charge in [-0.1, -0.05) is 47.6 Å². The number of amides is 1. The van der Waals surface area contributed by atoms with Gasteiger partial charge < -0.3 is 14.4 Å². The van der Waals surface area contributed by atoms with E-state index in [4.69, 9.17) is 9.51 Å². The minimum atomic E-state index is -0.468. The Kier molecular flexibility index (Phi) is 5.41. The van der Waals surface area contributed by atoms with Gasteiger partial charge in [0.2, 0.25) is 5.89 Å². The van der Waals surface area contributed by atoms with Gasteiger partial charge in [0.1, 0.15) is 17.7 Å². The van der Waals surface area contributed by atoms with Gasteiger partial charge in [-0.3, -0.25) is 4.79 Å². The number of nitrogens with zero attached hydrogens (tertiary/aromatic N) is 4. The summed E-state index contributed by atoms with van der Waals surface area (Å²) in [4.78, 5) is 22.3. The summed E-state index contributed by atoms with van der Waals surface area (Å²) >= 11 is 0. The summed E-state index contributed by atoms with van der Waals surface area (Å²) in [5.74, 6) is 0.975. The predicted octanol–water partition coefficient (Wildman–Crippen LogP) is 5.23. The third-order valence-corrected chi connectivity index (χ3v) is 5.70. The predicted molar refractivity (Wildman–Crippen MR) is 126 cm³/mol. The Hall–Kier alpha value is -4.33. The van der Waals surface area contributed by atoms with Crippen molar-refractivity contribution in [1.29, 1.82) is 0 Å². The Morgan fingerprint density at radius 2 is 1.76 bits per heavy atom. The molecule has 0 aliphatic carbocycles. The van der Waals surface area contributed by atoms with Crippen LogP contribution in [0, 0.1) is 12.7 Å². The number of aromatic nitrogens is 4. The summed E-state index contributed by atoms with van der Waals surface area (Å²) in [5.41, 5.74) is 4.41. The SMILES string of the molecule is Cc1noc([C@@H](C)NC(=O)c2cc(-c3ccc(F)cc3)c3nc(-c4ccccc4)n(C)c3c2)n1. The summed E-state index contributed by atoms with van der Waals surface area (Å²) in [6.07, 6.45) is 0. The number of hydrogen-bond donors (Lipinski definition) is 1. The van der Waals surface area contributed by atoms with Gasteiger partial charge in [0.25, 0.3) is 5.91 Å². The molecule has 3 aromatic carbocycles. The van der Waals surface area contributed by atoms with E-state index < -0.39 is 6.04 Å². The monoisotopic (exact) mass is 455 g/mol. The quantitative estimate of drug-likeness (QED) is 0.392. The summed E-state index contributed by atoms with van der Waals surface area (Å²) in [6, 6.07) is 19.1. The highest BCUT2D eigenvalue weighted by Crippen LogP contribution is 2.33. The minimum Gasteiger partial charge on any atom is -0.341 e. The molecular formula is C26H22FN5O2. The van der Waals surface area contributed by atoms with E-state index in [2.05, 4.69) is 15.5 Å². The van der Waals surface area contributed by atoms with Crippen molar-refractivity contribution in [3.8, 4) is 22.5 Å². The van der Waals surface area contributed by atoms with E-state index in [0.29, 0.717) is 17.3 Å². The number of imidazole rings is 1. The summed E-state index contributed by atoms with van der Waals surface area (Å²) in [6.45, 7) is 3.50. The number of aryl methyl sites for hydroxylation is 2. The molecule has 170 valence electrons. The topological polar surface area (TPSA) is 85.8 Å². The van der Waals surface area contributed by atoms with Gasteiger partial charge in [0.15, 0.2) is 5.82 Å². The van der Waals surface area contributed by atoms with Gasteiger partial charge in [0.05, 0.1) is 11.0 Å². The van der Waals surface area contributed by atoms with E-state index >= 15 is 0 Å². The number of halogens is 1. The lowest BCUT2D eigenvalue weighted by Gasteiger charge is -2.12. The molecule has 0 unspecified atom stereocenters.